The van der Waals surface area contributed by atoms with Crippen LogP contribution in [-0.4, -0.2) is 41.4 Å². The largest absolute Gasteiger partial charge is 0.506 e. The molecule has 0 amide bonds. The fourth-order valence-electron chi connectivity index (χ4n) is 2.83. The topological polar surface area (TPSA) is 70.5 Å². The third-order valence-corrected chi connectivity index (χ3v) is 4.04. The summed E-state index contributed by atoms with van der Waals surface area (Å²) in [6.45, 7) is 3.00. The first kappa shape index (κ1) is 17.3. The Hall–Kier alpha value is -2.57. The number of rotatable bonds is 3. The third kappa shape index (κ3) is 3.60. The van der Waals surface area contributed by atoms with Crippen LogP contribution in [0.25, 0.3) is 10.9 Å². The zero-order valence-corrected chi connectivity index (χ0v) is 14.4. The molecule has 1 aromatic heterocycles. The molecule has 130 valence electrons. The highest BCUT2D eigenvalue weighted by Gasteiger charge is 2.17. The van der Waals surface area contributed by atoms with Crippen LogP contribution < -0.4 is 10.2 Å². The van der Waals surface area contributed by atoms with Crippen molar-refractivity contribution in [3.63, 3.8) is 0 Å². The summed E-state index contributed by atoms with van der Waals surface area (Å²) in [7, 11) is 0. The molecular weight excluding hydrogens is 340 g/mol. The third-order valence-electron chi connectivity index (χ3n) is 4.04. The van der Waals surface area contributed by atoms with Crippen molar-refractivity contribution >= 4 is 40.8 Å². The van der Waals surface area contributed by atoms with Crippen LogP contribution in [0.15, 0.2) is 48.5 Å². The highest BCUT2D eigenvalue weighted by molar-refractivity contribution is 5.91. The molecule has 6 nitrogen and oxygen atoms in total. The normalized spacial score (nSPS) is 14.2. The number of fused-ring (bicyclic) bond motifs is 1. The molecule has 2 heterocycles. The molecule has 3 aromatic rings. The first-order valence-corrected chi connectivity index (χ1v) is 7.96. The molecule has 7 heteroatoms. The van der Waals surface area contributed by atoms with Gasteiger partial charge in [-0.25, -0.2) is 4.98 Å². The van der Waals surface area contributed by atoms with E-state index in [2.05, 4.69) is 15.2 Å². The number of phenolic OH excluding ortho intramolecular Hbond substituents is 1. The number of para-hydroxylation sites is 3. The SMILES string of the molecule is Cl.Oc1ccccc1Nc1nc(N2CCOCC2)c2ccccc2n1. The minimum atomic E-state index is 0. The Balaban J connectivity index is 0.00000182. The van der Waals surface area contributed by atoms with Gasteiger partial charge in [-0.3, -0.25) is 0 Å². The molecule has 2 N–H and O–H groups in total. The minimum Gasteiger partial charge on any atom is -0.506 e. The molecule has 1 saturated heterocycles. The fourth-order valence-corrected chi connectivity index (χ4v) is 2.83. The minimum absolute atomic E-state index is 0. The number of hydrogen-bond donors (Lipinski definition) is 2. The van der Waals surface area contributed by atoms with Gasteiger partial charge in [0, 0.05) is 18.5 Å². The lowest BCUT2D eigenvalue weighted by Crippen LogP contribution is -2.37. The van der Waals surface area contributed by atoms with Crippen molar-refractivity contribution in [1.29, 1.82) is 0 Å². The van der Waals surface area contributed by atoms with Crippen molar-refractivity contribution in [2.75, 3.05) is 36.5 Å². The van der Waals surface area contributed by atoms with E-state index in [1.165, 1.54) is 0 Å². The first-order chi connectivity index (χ1) is 11.8. The Kier molecular flexibility index (Phi) is 5.21. The van der Waals surface area contributed by atoms with Crippen molar-refractivity contribution < 1.29 is 9.84 Å². The van der Waals surface area contributed by atoms with Crippen LogP contribution in [0.1, 0.15) is 0 Å². The second-order valence-corrected chi connectivity index (χ2v) is 5.63. The number of ether oxygens (including phenoxy) is 1. The second-order valence-electron chi connectivity index (χ2n) is 5.63. The number of benzene rings is 2. The van der Waals surface area contributed by atoms with E-state index in [4.69, 9.17) is 9.72 Å². The van der Waals surface area contributed by atoms with Gasteiger partial charge in [0.05, 0.1) is 24.4 Å². The molecule has 0 atom stereocenters. The molecule has 0 radical (unpaired) electrons. The summed E-state index contributed by atoms with van der Waals surface area (Å²) in [5.41, 5.74) is 1.45. The fraction of sp³-hybridized carbons (Fsp3) is 0.222. The average Bonchev–Trinajstić information content (AvgIpc) is 2.64. The standard InChI is InChI=1S/C18H18N4O2.ClH/c23-16-8-4-3-7-15(16)20-18-19-14-6-2-1-5-13(14)17(21-18)22-9-11-24-12-10-22;/h1-8,23H,9-12H2,(H,19,20,21);1H. The van der Waals surface area contributed by atoms with E-state index in [1.807, 2.05) is 30.3 Å². The van der Waals surface area contributed by atoms with Gasteiger partial charge in [0.15, 0.2) is 0 Å². The molecule has 25 heavy (non-hydrogen) atoms. The average molecular weight is 359 g/mol. The van der Waals surface area contributed by atoms with Gasteiger partial charge in [0.25, 0.3) is 0 Å². The summed E-state index contributed by atoms with van der Waals surface area (Å²) in [6.07, 6.45) is 0. The predicted octanol–water partition coefficient (Wildman–Crippen LogP) is 3.34. The molecule has 0 aliphatic carbocycles. The number of nitrogens with one attached hydrogen (secondary N) is 1. The van der Waals surface area contributed by atoms with Gasteiger partial charge < -0.3 is 20.1 Å². The van der Waals surface area contributed by atoms with Gasteiger partial charge in [-0.1, -0.05) is 24.3 Å². The molecule has 4 rings (SSSR count). The quantitative estimate of drug-likeness (QED) is 0.700. The number of anilines is 3. The predicted molar refractivity (Wildman–Crippen MR) is 101 cm³/mol. The molecule has 0 saturated carbocycles. The zero-order valence-electron chi connectivity index (χ0n) is 13.6. The Morgan fingerprint density at radius 3 is 2.48 bits per heavy atom. The van der Waals surface area contributed by atoms with E-state index in [-0.39, 0.29) is 18.2 Å². The Morgan fingerprint density at radius 1 is 0.960 bits per heavy atom. The van der Waals surface area contributed by atoms with Gasteiger partial charge in [-0.05, 0) is 24.3 Å². The number of halogens is 1. The van der Waals surface area contributed by atoms with Crippen LogP contribution >= 0.6 is 12.4 Å². The molecule has 2 aromatic carbocycles. The summed E-state index contributed by atoms with van der Waals surface area (Å²) >= 11 is 0. The summed E-state index contributed by atoms with van der Waals surface area (Å²) in [4.78, 5) is 11.5. The van der Waals surface area contributed by atoms with Crippen LogP contribution in [0.2, 0.25) is 0 Å². The monoisotopic (exact) mass is 358 g/mol. The summed E-state index contributed by atoms with van der Waals surface area (Å²) in [5.74, 6) is 1.53. The smallest absolute Gasteiger partial charge is 0.229 e. The molecule has 1 aliphatic heterocycles. The molecule has 1 fully saturated rings. The molecule has 0 unspecified atom stereocenters. The van der Waals surface area contributed by atoms with Crippen LogP contribution in [0.4, 0.5) is 17.5 Å². The first-order valence-electron chi connectivity index (χ1n) is 7.96. The number of hydrogen-bond acceptors (Lipinski definition) is 6. The van der Waals surface area contributed by atoms with E-state index < -0.39 is 0 Å². The van der Waals surface area contributed by atoms with E-state index in [1.54, 1.807) is 18.2 Å². The molecular formula is C18H19ClN4O2. The van der Waals surface area contributed by atoms with Gasteiger partial charge in [0.1, 0.15) is 11.6 Å². The summed E-state index contributed by atoms with van der Waals surface area (Å²) < 4.78 is 5.44. The van der Waals surface area contributed by atoms with Gasteiger partial charge >= 0.3 is 0 Å². The zero-order chi connectivity index (χ0) is 16.4. The van der Waals surface area contributed by atoms with Gasteiger partial charge in [-0.15, -0.1) is 12.4 Å². The van der Waals surface area contributed by atoms with Crippen molar-refractivity contribution in [1.82, 2.24) is 9.97 Å². The second kappa shape index (κ2) is 7.55. The van der Waals surface area contributed by atoms with Crippen molar-refractivity contribution in [3.05, 3.63) is 48.5 Å². The van der Waals surface area contributed by atoms with E-state index in [9.17, 15) is 5.11 Å². The van der Waals surface area contributed by atoms with Crippen LogP contribution in [0.3, 0.4) is 0 Å². The number of morpholine rings is 1. The number of aromatic nitrogens is 2. The molecule has 1 aliphatic rings. The Bertz CT molecular complexity index is 869. The molecule has 0 bridgehead atoms. The molecule has 0 spiro atoms. The summed E-state index contributed by atoms with van der Waals surface area (Å²) in [5, 5.41) is 14.1. The summed E-state index contributed by atoms with van der Waals surface area (Å²) in [6, 6.07) is 15.0. The lowest BCUT2D eigenvalue weighted by molar-refractivity contribution is 0.122. The number of phenols is 1. The maximum absolute atomic E-state index is 9.96. The van der Waals surface area contributed by atoms with Crippen molar-refractivity contribution in [2.45, 2.75) is 0 Å². The van der Waals surface area contributed by atoms with Gasteiger partial charge in [-0.2, -0.15) is 4.98 Å². The maximum atomic E-state index is 9.96. The van der Waals surface area contributed by atoms with Crippen molar-refractivity contribution in [2.24, 2.45) is 0 Å². The van der Waals surface area contributed by atoms with Gasteiger partial charge in [0.2, 0.25) is 5.95 Å². The van der Waals surface area contributed by atoms with E-state index in [0.717, 1.165) is 29.8 Å². The maximum Gasteiger partial charge on any atom is 0.229 e. The Morgan fingerprint density at radius 2 is 1.68 bits per heavy atom. The van der Waals surface area contributed by atoms with Crippen molar-refractivity contribution in [3.8, 4) is 5.75 Å². The lowest BCUT2D eigenvalue weighted by Gasteiger charge is -2.29. The number of nitrogens with zero attached hydrogens (tertiary/aromatic N) is 3. The van der Waals surface area contributed by atoms with E-state index in [0.29, 0.717) is 24.8 Å². The van der Waals surface area contributed by atoms with Crippen LogP contribution in [0.5, 0.6) is 5.75 Å². The van der Waals surface area contributed by atoms with Crippen LogP contribution in [0, 0.1) is 0 Å². The van der Waals surface area contributed by atoms with Crippen LogP contribution in [-0.2, 0) is 4.74 Å². The van der Waals surface area contributed by atoms with E-state index >= 15 is 0 Å². The Labute approximate surface area is 151 Å². The number of aromatic hydroxyl groups is 1. The highest BCUT2D eigenvalue weighted by Crippen LogP contribution is 2.29. The lowest BCUT2D eigenvalue weighted by atomic mass is 10.2. The highest BCUT2D eigenvalue weighted by atomic mass is 35.5.